The monoisotopic (exact) mass is 513 g/mol. The van der Waals surface area contributed by atoms with Crippen molar-refractivity contribution in [3.05, 3.63) is 0 Å². The highest BCUT2D eigenvalue weighted by molar-refractivity contribution is 5.81. The lowest BCUT2D eigenvalue weighted by Gasteiger charge is -2.46. The third-order valence-corrected chi connectivity index (χ3v) is 8.55. The Bertz CT molecular complexity index is 794. The first-order valence-corrected chi connectivity index (χ1v) is 13.3. The van der Waals surface area contributed by atoms with Gasteiger partial charge in [-0.25, -0.2) is 19.2 Å². The van der Waals surface area contributed by atoms with E-state index in [9.17, 15) is 14.0 Å². The average Bonchev–Trinajstić information content (AvgIpc) is 3.19. The molecule has 11 nitrogen and oxygen atoms in total. The second-order valence-electron chi connectivity index (χ2n) is 11.0. The molecular formula is C23H41F2N9O2. The van der Waals surface area contributed by atoms with Gasteiger partial charge in [-0.2, -0.15) is 0 Å². The molecule has 0 aromatic heterocycles. The van der Waals surface area contributed by atoms with Gasteiger partial charge in [0.15, 0.2) is 0 Å². The van der Waals surface area contributed by atoms with Crippen molar-refractivity contribution in [3.63, 3.8) is 0 Å². The molecule has 7 atom stereocenters. The van der Waals surface area contributed by atoms with Crippen LogP contribution in [0, 0.1) is 11.8 Å². The second kappa shape index (κ2) is 11.1. The van der Waals surface area contributed by atoms with Crippen molar-refractivity contribution in [1.29, 1.82) is 0 Å². The Hall–Kier alpha value is -1.48. The SMILES string of the molecule is CN1CCC(C(=O)N2CCN(C3C(F)CNCC3NC(=O)C3C(N)NN4CC(F)CNC34)CC2)CC1. The second-order valence-corrected chi connectivity index (χ2v) is 11.0. The first-order chi connectivity index (χ1) is 17.3. The van der Waals surface area contributed by atoms with E-state index in [2.05, 4.69) is 38.2 Å². The van der Waals surface area contributed by atoms with Crippen molar-refractivity contribution < 1.29 is 18.4 Å². The molecule has 5 aliphatic heterocycles. The number of rotatable bonds is 4. The van der Waals surface area contributed by atoms with Gasteiger partial charge in [0, 0.05) is 58.3 Å². The number of hydrazine groups is 1. The Kier molecular flexibility index (Phi) is 8.06. The first-order valence-electron chi connectivity index (χ1n) is 13.3. The first kappa shape index (κ1) is 26.1. The number of piperazine rings is 1. The predicted octanol–water partition coefficient (Wildman–Crippen LogP) is -2.74. The van der Waals surface area contributed by atoms with E-state index in [1.165, 1.54) is 0 Å². The van der Waals surface area contributed by atoms with Crippen LogP contribution in [0.15, 0.2) is 0 Å². The number of nitrogens with zero attached hydrogens (tertiary/aromatic N) is 4. The summed E-state index contributed by atoms with van der Waals surface area (Å²) in [7, 11) is 2.08. The van der Waals surface area contributed by atoms with Crippen molar-refractivity contribution >= 4 is 11.8 Å². The number of hydrogen-bond acceptors (Lipinski definition) is 9. The topological polar surface area (TPSA) is 121 Å². The molecular weight excluding hydrogens is 472 g/mol. The van der Waals surface area contributed by atoms with Crippen LogP contribution < -0.4 is 27.1 Å². The van der Waals surface area contributed by atoms with Gasteiger partial charge in [-0.1, -0.05) is 0 Å². The molecule has 0 aliphatic carbocycles. The van der Waals surface area contributed by atoms with E-state index in [-0.39, 0.29) is 37.4 Å². The van der Waals surface area contributed by atoms with Crippen LogP contribution >= 0.6 is 0 Å². The summed E-state index contributed by atoms with van der Waals surface area (Å²) in [6.07, 6.45) is -1.46. The quantitative estimate of drug-likeness (QED) is 0.273. The third-order valence-electron chi connectivity index (χ3n) is 8.55. The standard InChI is InChI=1S/C23H41F2N9O2/c1-31-4-2-14(3-5-31)23(36)33-8-6-32(7-9-33)19-16(25)11-27-12-17(19)29-22(35)18-20(26)30-34-13-15(24)10-28-21(18)34/h14-21,27-28,30H,2-13,26H2,1H3,(H,29,35). The van der Waals surface area contributed by atoms with Crippen LogP contribution in [-0.4, -0.2) is 141 Å². The van der Waals surface area contributed by atoms with E-state index < -0.39 is 42.7 Å². The summed E-state index contributed by atoms with van der Waals surface area (Å²) in [5.41, 5.74) is 9.18. The molecule has 2 amide bonds. The summed E-state index contributed by atoms with van der Waals surface area (Å²) >= 11 is 0. The summed E-state index contributed by atoms with van der Waals surface area (Å²) in [6.45, 7) is 5.21. The zero-order valence-corrected chi connectivity index (χ0v) is 21.0. The molecule has 5 saturated heterocycles. The molecule has 0 aromatic carbocycles. The molecule has 0 aromatic rings. The number of nitrogens with one attached hydrogen (secondary N) is 4. The maximum absolute atomic E-state index is 15.2. The van der Waals surface area contributed by atoms with E-state index in [1.807, 2.05) is 4.90 Å². The number of fused-ring (bicyclic) bond motifs is 1. The fraction of sp³-hybridized carbons (Fsp3) is 0.913. The van der Waals surface area contributed by atoms with Gasteiger partial charge in [-0.15, -0.1) is 0 Å². The number of piperidine rings is 2. The van der Waals surface area contributed by atoms with E-state index in [4.69, 9.17) is 5.73 Å². The Labute approximate surface area is 211 Å². The molecule has 36 heavy (non-hydrogen) atoms. The summed E-state index contributed by atoms with van der Waals surface area (Å²) in [5, 5.41) is 10.9. The van der Waals surface area contributed by atoms with E-state index in [0.717, 1.165) is 25.9 Å². The molecule has 5 fully saturated rings. The molecule has 5 heterocycles. The normalized spacial score (nSPS) is 39.7. The average molecular weight is 514 g/mol. The van der Waals surface area contributed by atoms with Crippen LogP contribution in [0.25, 0.3) is 0 Å². The fourth-order valence-electron chi connectivity index (χ4n) is 6.50. The third kappa shape index (κ3) is 5.38. The summed E-state index contributed by atoms with van der Waals surface area (Å²) in [6, 6.07) is -0.914. The van der Waals surface area contributed by atoms with Gasteiger partial charge in [-0.05, 0) is 33.0 Å². The van der Waals surface area contributed by atoms with Gasteiger partial charge >= 0.3 is 0 Å². The van der Waals surface area contributed by atoms with Crippen molar-refractivity contribution in [2.24, 2.45) is 17.6 Å². The highest BCUT2D eigenvalue weighted by Crippen LogP contribution is 2.25. The van der Waals surface area contributed by atoms with Crippen LogP contribution in [0.5, 0.6) is 0 Å². The Morgan fingerprint density at radius 3 is 2.44 bits per heavy atom. The maximum Gasteiger partial charge on any atom is 0.229 e. The van der Waals surface area contributed by atoms with Crippen LogP contribution in [0.4, 0.5) is 8.78 Å². The molecule has 0 radical (unpaired) electrons. The van der Waals surface area contributed by atoms with Crippen LogP contribution in [0.3, 0.4) is 0 Å². The minimum absolute atomic E-state index is 0.0810. The molecule has 0 spiro atoms. The van der Waals surface area contributed by atoms with Crippen LogP contribution in [0.2, 0.25) is 0 Å². The van der Waals surface area contributed by atoms with Crippen LogP contribution in [-0.2, 0) is 9.59 Å². The van der Waals surface area contributed by atoms with Crippen molar-refractivity contribution in [3.8, 4) is 0 Å². The van der Waals surface area contributed by atoms with Gasteiger partial charge in [0.1, 0.15) is 12.3 Å². The fourth-order valence-corrected chi connectivity index (χ4v) is 6.50. The number of amides is 2. The number of alkyl halides is 2. The summed E-state index contributed by atoms with van der Waals surface area (Å²) < 4.78 is 29.0. The van der Waals surface area contributed by atoms with E-state index in [1.54, 1.807) is 5.01 Å². The van der Waals surface area contributed by atoms with Crippen LogP contribution in [0.1, 0.15) is 12.8 Å². The molecule has 6 N–H and O–H groups in total. The predicted molar refractivity (Wildman–Crippen MR) is 130 cm³/mol. The molecule has 0 bridgehead atoms. The summed E-state index contributed by atoms with van der Waals surface area (Å²) in [5.74, 6) is -0.591. The zero-order valence-electron chi connectivity index (χ0n) is 21.0. The number of carbonyl (C=O) groups is 2. The molecule has 5 rings (SSSR count). The highest BCUT2D eigenvalue weighted by atomic mass is 19.1. The van der Waals surface area contributed by atoms with Gasteiger partial charge in [-0.3, -0.25) is 19.8 Å². The largest absolute Gasteiger partial charge is 0.350 e. The number of likely N-dealkylation sites (tertiary alicyclic amines) is 1. The van der Waals surface area contributed by atoms with Gasteiger partial charge in [0.05, 0.1) is 30.3 Å². The Morgan fingerprint density at radius 1 is 1.00 bits per heavy atom. The smallest absolute Gasteiger partial charge is 0.229 e. The van der Waals surface area contributed by atoms with E-state index >= 15 is 4.39 Å². The molecule has 0 saturated carbocycles. The zero-order chi connectivity index (χ0) is 25.4. The highest BCUT2D eigenvalue weighted by Gasteiger charge is 2.48. The lowest BCUT2D eigenvalue weighted by atomic mass is 9.93. The van der Waals surface area contributed by atoms with Crippen molar-refractivity contribution in [1.82, 2.24) is 41.1 Å². The molecule has 13 heteroatoms. The van der Waals surface area contributed by atoms with E-state index in [0.29, 0.717) is 32.7 Å². The summed E-state index contributed by atoms with van der Waals surface area (Å²) in [4.78, 5) is 32.6. The molecule has 204 valence electrons. The maximum atomic E-state index is 15.2. The van der Waals surface area contributed by atoms with Crippen molar-refractivity contribution in [2.75, 3.05) is 72.5 Å². The number of nitrogens with two attached hydrogens (primary N) is 1. The van der Waals surface area contributed by atoms with Crippen molar-refractivity contribution in [2.45, 2.75) is 49.6 Å². The number of halogens is 2. The molecule has 7 unspecified atom stereocenters. The lowest BCUT2D eigenvalue weighted by Crippen LogP contribution is -2.68. The minimum Gasteiger partial charge on any atom is -0.350 e. The lowest BCUT2D eigenvalue weighted by molar-refractivity contribution is -0.139. The van der Waals surface area contributed by atoms with Gasteiger partial charge in [0.25, 0.3) is 0 Å². The van der Waals surface area contributed by atoms with Gasteiger partial charge < -0.3 is 26.2 Å². The minimum atomic E-state index is -1.15. The Morgan fingerprint density at radius 2 is 1.72 bits per heavy atom. The number of carbonyl (C=O) groups excluding carboxylic acids is 2. The number of hydrogen-bond donors (Lipinski definition) is 5. The molecule has 5 aliphatic rings. The Balaban J connectivity index is 1.18. The van der Waals surface area contributed by atoms with Gasteiger partial charge in [0.2, 0.25) is 11.8 Å².